The van der Waals surface area contributed by atoms with Crippen molar-refractivity contribution in [1.29, 1.82) is 0 Å². The summed E-state index contributed by atoms with van der Waals surface area (Å²) in [6.45, 7) is 1.29. The minimum absolute atomic E-state index is 0.376. The summed E-state index contributed by atoms with van der Waals surface area (Å²) in [6.07, 6.45) is 6.37. The van der Waals surface area contributed by atoms with E-state index in [2.05, 4.69) is 15.9 Å². The Balaban J connectivity index is 2.02. The fourth-order valence-corrected chi connectivity index (χ4v) is 2.06. The van der Waals surface area contributed by atoms with E-state index in [0.29, 0.717) is 19.0 Å². The molecular formula is C11H21BrO3. The smallest absolute Gasteiger partial charge is 0.146 e. The second kappa shape index (κ2) is 8.50. The normalized spacial score (nSPS) is 26.8. The third-order valence-electron chi connectivity index (χ3n) is 2.67. The molecule has 1 aliphatic carbocycles. The van der Waals surface area contributed by atoms with E-state index in [4.69, 9.17) is 14.2 Å². The van der Waals surface area contributed by atoms with Gasteiger partial charge in [0.25, 0.3) is 0 Å². The highest BCUT2D eigenvalue weighted by Crippen LogP contribution is 2.23. The van der Waals surface area contributed by atoms with Gasteiger partial charge in [0.1, 0.15) is 6.79 Å². The van der Waals surface area contributed by atoms with E-state index in [1.165, 1.54) is 0 Å². The molecule has 1 fully saturated rings. The predicted molar refractivity (Wildman–Crippen MR) is 63.4 cm³/mol. The molecule has 90 valence electrons. The van der Waals surface area contributed by atoms with Crippen LogP contribution in [0.1, 0.15) is 32.1 Å². The SMILES string of the molecule is COCOC1CCC(OCCCBr)CC1. The lowest BCUT2D eigenvalue weighted by Crippen LogP contribution is -2.27. The molecule has 0 atom stereocenters. The molecular weight excluding hydrogens is 260 g/mol. The summed E-state index contributed by atoms with van der Waals surface area (Å²) < 4.78 is 16.2. The Kier molecular flexibility index (Phi) is 7.61. The van der Waals surface area contributed by atoms with Crippen LogP contribution in [0, 0.1) is 0 Å². The van der Waals surface area contributed by atoms with Gasteiger partial charge < -0.3 is 14.2 Å². The van der Waals surface area contributed by atoms with Gasteiger partial charge in [0.2, 0.25) is 0 Å². The van der Waals surface area contributed by atoms with E-state index in [0.717, 1.165) is 44.0 Å². The summed E-state index contributed by atoms with van der Waals surface area (Å²) in [5, 5.41) is 1.03. The van der Waals surface area contributed by atoms with Crippen molar-refractivity contribution < 1.29 is 14.2 Å². The molecule has 0 radical (unpaired) electrons. The van der Waals surface area contributed by atoms with Crippen LogP contribution in [0.15, 0.2) is 0 Å². The van der Waals surface area contributed by atoms with Crippen LogP contribution in [0.4, 0.5) is 0 Å². The van der Waals surface area contributed by atoms with Crippen molar-refractivity contribution in [2.45, 2.75) is 44.3 Å². The summed E-state index contributed by atoms with van der Waals surface area (Å²) in [4.78, 5) is 0. The van der Waals surface area contributed by atoms with Crippen LogP contribution in [0.5, 0.6) is 0 Å². The maximum Gasteiger partial charge on any atom is 0.146 e. The second-order valence-corrected chi connectivity index (χ2v) is 4.68. The molecule has 0 bridgehead atoms. The fourth-order valence-electron chi connectivity index (χ4n) is 1.83. The van der Waals surface area contributed by atoms with Gasteiger partial charge in [-0.3, -0.25) is 0 Å². The van der Waals surface area contributed by atoms with Crippen molar-refractivity contribution in [3.8, 4) is 0 Å². The van der Waals surface area contributed by atoms with Gasteiger partial charge in [-0.1, -0.05) is 15.9 Å². The molecule has 0 saturated heterocycles. The lowest BCUT2D eigenvalue weighted by molar-refractivity contribution is -0.0971. The molecule has 0 aromatic heterocycles. The third-order valence-corrected chi connectivity index (χ3v) is 3.24. The zero-order valence-corrected chi connectivity index (χ0v) is 11.0. The van der Waals surface area contributed by atoms with Gasteiger partial charge in [0, 0.05) is 19.0 Å². The Labute approximate surface area is 101 Å². The van der Waals surface area contributed by atoms with Crippen LogP contribution in [0.2, 0.25) is 0 Å². The first-order valence-corrected chi connectivity index (χ1v) is 6.77. The van der Waals surface area contributed by atoms with Crippen LogP contribution < -0.4 is 0 Å². The highest BCUT2D eigenvalue weighted by molar-refractivity contribution is 9.09. The van der Waals surface area contributed by atoms with Gasteiger partial charge in [0.05, 0.1) is 12.2 Å². The van der Waals surface area contributed by atoms with E-state index in [1.54, 1.807) is 7.11 Å². The first-order valence-electron chi connectivity index (χ1n) is 5.65. The zero-order valence-electron chi connectivity index (χ0n) is 9.41. The van der Waals surface area contributed by atoms with Crippen molar-refractivity contribution in [1.82, 2.24) is 0 Å². The molecule has 1 saturated carbocycles. The molecule has 0 aromatic rings. The van der Waals surface area contributed by atoms with Crippen LogP contribution in [0.25, 0.3) is 0 Å². The highest BCUT2D eigenvalue weighted by Gasteiger charge is 2.21. The summed E-state index contributed by atoms with van der Waals surface area (Å²) in [5.41, 5.74) is 0. The fraction of sp³-hybridized carbons (Fsp3) is 1.00. The monoisotopic (exact) mass is 280 g/mol. The van der Waals surface area contributed by atoms with Gasteiger partial charge in [-0.2, -0.15) is 0 Å². The standard InChI is InChI=1S/C11H21BrO3/c1-13-9-15-11-5-3-10(4-6-11)14-8-2-7-12/h10-11H,2-9H2,1H3. The minimum atomic E-state index is 0.376. The van der Waals surface area contributed by atoms with Crippen LogP contribution in [-0.4, -0.2) is 38.0 Å². The Morgan fingerprint density at radius 2 is 1.67 bits per heavy atom. The predicted octanol–water partition coefficient (Wildman–Crippen LogP) is 2.72. The number of hydrogen-bond donors (Lipinski definition) is 0. The molecule has 0 N–H and O–H groups in total. The first kappa shape index (κ1) is 13.4. The molecule has 1 aliphatic rings. The molecule has 3 nitrogen and oxygen atoms in total. The van der Waals surface area contributed by atoms with Gasteiger partial charge in [-0.25, -0.2) is 0 Å². The lowest BCUT2D eigenvalue weighted by Gasteiger charge is -2.28. The zero-order chi connectivity index (χ0) is 10.9. The van der Waals surface area contributed by atoms with Crippen molar-refractivity contribution in [3.05, 3.63) is 0 Å². The molecule has 0 amide bonds. The van der Waals surface area contributed by atoms with Crippen LogP contribution >= 0.6 is 15.9 Å². The molecule has 0 aromatic carbocycles. The quantitative estimate of drug-likeness (QED) is 0.408. The van der Waals surface area contributed by atoms with Crippen molar-refractivity contribution in [2.24, 2.45) is 0 Å². The molecule has 0 spiro atoms. The Morgan fingerprint density at radius 3 is 2.20 bits per heavy atom. The van der Waals surface area contributed by atoms with Crippen LogP contribution in [-0.2, 0) is 14.2 Å². The molecule has 4 heteroatoms. The van der Waals surface area contributed by atoms with E-state index in [9.17, 15) is 0 Å². The van der Waals surface area contributed by atoms with Gasteiger partial charge in [0.15, 0.2) is 0 Å². The summed E-state index contributed by atoms with van der Waals surface area (Å²) in [7, 11) is 1.66. The maximum absolute atomic E-state index is 5.76. The number of alkyl halides is 1. The van der Waals surface area contributed by atoms with Gasteiger partial charge in [-0.15, -0.1) is 0 Å². The largest absolute Gasteiger partial charge is 0.378 e. The summed E-state index contributed by atoms with van der Waals surface area (Å²) in [5.74, 6) is 0. The Hall–Kier alpha value is 0.360. The first-order chi connectivity index (χ1) is 7.36. The van der Waals surface area contributed by atoms with E-state index < -0.39 is 0 Å². The van der Waals surface area contributed by atoms with Gasteiger partial charge in [-0.05, 0) is 32.1 Å². The molecule has 0 heterocycles. The van der Waals surface area contributed by atoms with Crippen molar-refractivity contribution >= 4 is 15.9 Å². The van der Waals surface area contributed by atoms with Crippen LogP contribution in [0.3, 0.4) is 0 Å². The maximum atomic E-state index is 5.76. The molecule has 15 heavy (non-hydrogen) atoms. The summed E-state index contributed by atoms with van der Waals surface area (Å²) in [6, 6.07) is 0. The average molecular weight is 281 g/mol. The summed E-state index contributed by atoms with van der Waals surface area (Å²) >= 11 is 3.40. The van der Waals surface area contributed by atoms with Crippen molar-refractivity contribution in [2.75, 3.05) is 25.8 Å². The third kappa shape index (κ3) is 5.85. The number of ether oxygens (including phenoxy) is 3. The second-order valence-electron chi connectivity index (χ2n) is 3.89. The molecule has 0 aliphatic heterocycles. The Morgan fingerprint density at radius 1 is 1.07 bits per heavy atom. The van der Waals surface area contributed by atoms with Gasteiger partial charge >= 0.3 is 0 Å². The molecule has 0 unspecified atom stereocenters. The van der Waals surface area contributed by atoms with E-state index in [1.807, 2.05) is 0 Å². The minimum Gasteiger partial charge on any atom is -0.378 e. The van der Waals surface area contributed by atoms with E-state index >= 15 is 0 Å². The lowest BCUT2D eigenvalue weighted by atomic mass is 9.95. The number of hydrogen-bond acceptors (Lipinski definition) is 3. The highest BCUT2D eigenvalue weighted by atomic mass is 79.9. The number of rotatable bonds is 7. The molecule has 1 rings (SSSR count). The van der Waals surface area contributed by atoms with Crippen molar-refractivity contribution in [3.63, 3.8) is 0 Å². The number of halogens is 1. The average Bonchev–Trinajstić information content (AvgIpc) is 2.28. The Bertz CT molecular complexity index is 147. The topological polar surface area (TPSA) is 27.7 Å². The number of methoxy groups -OCH3 is 1. The van der Waals surface area contributed by atoms with E-state index in [-0.39, 0.29) is 0 Å².